The van der Waals surface area contributed by atoms with Gasteiger partial charge in [-0.15, -0.1) is 0 Å². The molecule has 88 valence electrons. The van der Waals surface area contributed by atoms with Crippen LogP contribution < -0.4 is 11.1 Å². The van der Waals surface area contributed by atoms with Crippen molar-refractivity contribution in [1.82, 2.24) is 0 Å². The Morgan fingerprint density at radius 2 is 2.12 bits per heavy atom. The van der Waals surface area contributed by atoms with Crippen LogP contribution in [0.3, 0.4) is 0 Å². The molecule has 1 atom stereocenters. The summed E-state index contributed by atoms with van der Waals surface area (Å²) in [5.74, 6) is -1.04. The Labute approximate surface area is 98.8 Å². The van der Waals surface area contributed by atoms with E-state index in [1.54, 1.807) is 0 Å². The first-order valence-electron chi connectivity index (χ1n) is 4.94. The fourth-order valence-corrected chi connectivity index (χ4v) is 1.34. The Bertz CT molecular complexity index is 375. The third kappa shape index (κ3) is 2.93. The molecule has 0 radical (unpaired) electrons. The monoisotopic (exact) mass is 244 g/mol. The highest BCUT2D eigenvalue weighted by molar-refractivity contribution is 6.33. The number of halogens is 2. The number of anilines is 1. The van der Waals surface area contributed by atoms with Crippen LogP contribution in [0.5, 0.6) is 0 Å². The molecule has 0 spiro atoms. The van der Waals surface area contributed by atoms with Gasteiger partial charge in [0.2, 0.25) is 5.91 Å². The average molecular weight is 245 g/mol. The summed E-state index contributed by atoms with van der Waals surface area (Å²) >= 11 is 5.76. The maximum absolute atomic E-state index is 13.3. The maximum Gasteiger partial charge on any atom is 0.241 e. The molecule has 3 nitrogen and oxygen atoms in total. The van der Waals surface area contributed by atoms with Crippen LogP contribution >= 0.6 is 11.6 Å². The van der Waals surface area contributed by atoms with Gasteiger partial charge in [0.05, 0.1) is 16.8 Å². The van der Waals surface area contributed by atoms with E-state index in [1.807, 2.05) is 13.8 Å². The second-order valence-electron chi connectivity index (χ2n) is 3.86. The molecule has 0 aliphatic rings. The lowest BCUT2D eigenvalue weighted by Gasteiger charge is -2.16. The van der Waals surface area contributed by atoms with Crippen molar-refractivity contribution >= 4 is 23.2 Å². The van der Waals surface area contributed by atoms with E-state index in [4.69, 9.17) is 17.3 Å². The van der Waals surface area contributed by atoms with E-state index >= 15 is 0 Å². The van der Waals surface area contributed by atoms with Gasteiger partial charge in [0.15, 0.2) is 0 Å². The number of benzene rings is 1. The molecule has 1 amide bonds. The van der Waals surface area contributed by atoms with Crippen LogP contribution in [0.15, 0.2) is 18.2 Å². The van der Waals surface area contributed by atoms with E-state index in [-0.39, 0.29) is 16.6 Å². The normalized spacial score (nSPS) is 12.6. The molecule has 0 unspecified atom stereocenters. The van der Waals surface area contributed by atoms with Gasteiger partial charge in [-0.05, 0) is 18.1 Å². The van der Waals surface area contributed by atoms with Gasteiger partial charge in [0, 0.05) is 0 Å². The van der Waals surface area contributed by atoms with Crippen molar-refractivity contribution in [1.29, 1.82) is 0 Å². The molecule has 0 saturated heterocycles. The van der Waals surface area contributed by atoms with Gasteiger partial charge < -0.3 is 11.1 Å². The van der Waals surface area contributed by atoms with Crippen LogP contribution in [0.4, 0.5) is 10.1 Å². The first kappa shape index (κ1) is 12.9. The third-order valence-corrected chi connectivity index (χ3v) is 2.55. The van der Waals surface area contributed by atoms with Gasteiger partial charge in [0.1, 0.15) is 5.82 Å². The second-order valence-corrected chi connectivity index (χ2v) is 4.26. The van der Waals surface area contributed by atoms with Gasteiger partial charge in [-0.25, -0.2) is 4.39 Å². The number of rotatable bonds is 3. The van der Waals surface area contributed by atoms with E-state index in [0.29, 0.717) is 0 Å². The minimum absolute atomic E-state index is 0.0226. The van der Waals surface area contributed by atoms with Crippen molar-refractivity contribution in [3.05, 3.63) is 29.0 Å². The Morgan fingerprint density at radius 1 is 1.50 bits per heavy atom. The number of hydrogen-bond acceptors (Lipinski definition) is 2. The Balaban J connectivity index is 2.85. The first-order chi connectivity index (χ1) is 7.43. The highest BCUT2D eigenvalue weighted by atomic mass is 35.5. The van der Waals surface area contributed by atoms with Crippen LogP contribution in [0.25, 0.3) is 0 Å². The largest absolute Gasteiger partial charge is 0.321 e. The van der Waals surface area contributed by atoms with Crippen LogP contribution in [-0.4, -0.2) is 11.9 Å². The molecule has 3 N–H and O–H groups in total. The van der Waals surface area contributed by atoms with Crippen molar-refractivity contribution in [3.63, 3.8) is 0 Å². The number of nitrogens with one attached hydrogen (secondary N) is 1. The standard InChI is InChI=1S/C11H14ClFN2O/c1-6(2)9(14)11(16)15-10-7(12)4-3-5-8(10)13/h3-6,9H,14H2,1-2H3,(H,15,16)/t9-/m1/s1. The summed E-state index contributed by atoms with van der Waals surface area (Å²) in [5, 5.41) is 2.55. The number of para-hydroxylation sites is 1. The highest BCUT2D eigenvalue weighted by Gasteiger charge is 2.19. The van der Waals surface area contributed by atoms with Gasteiger partial charge in [-0.1, -0.05) is 31.5 Å². The SMILES string of the molecule is CC(C)[C@@H](N)C(=O)Nc1c(F)cccc1Cl. The molecule has 1 aromatic carbocycles. The molecule has 1 rings (SSSR count). The predicted octanol–water partition coefficient (Wildman–Crippen LogP) is 2.40. The molecular weight excluding hydrogens is 231 g/mol. The number of amides is 1. The zero-order valence-electron chi connectivity index (χ0n) is 9.13. The average Bonchev–Trinajstić information content (AvgIpc) is 2.22. The number of carbonyl (C=O) groups is 1. The summed E-state index contributed by atoms with van der Waals surface area (Å²) in [6.07, 6.45) is 0. The molecule has 0 aromatic heterocycles. The smallest absolute Gasteiger partial charge is 0.241 e. The van der Waals surface area contributed by atoms with E-state index in [2.05, 4.69) is 5.32 Å². The lowest BCUT2D eigenvalue weighted by Crippen LogP contribution is -2.40. The van der Waals surface area contributed by atoms with Gasteiger partial charge in [0.25, 0.3) is 0 Å². The number of nitrogens with two attached hydrogens (primary N) is 1. The summed E-state index contributed by atoms with van der Waals surface area (Å²) in [4.78, 5) is 11.6. The zero-order valence-corrected chi connectivity index (χ0v) is 9.88. The summed E-state index contributed by atoms with van der Waals surface area (Å²) in [5.41, 5.74) is 5.61. The van der Waals surface area contributed by atoms with E-state index < -0.39 is 17.8 Å². The molecule has 16 heavy (non-hydrogen) atoms. The number of hydrogen-bond donors (Lipinski definition) is 2. The summed E-state index contributed by atoms with van der Waals surface area (Å²) in [7, 11) is 0. The van der Waals surface area contributed by atoms with E-state index in [9.17, 15) is 9.18 Å². The molecular formula is C11H14ClFN2O. The molecule has 0 bridgehead atoms. The number of carbonyl (C=O) groups excluding carboxylic acids is 1. The van der Waals surface area contributed by atoms with Crippen molar-refractivity contribution in [2.24, 2.45) is 11.7 Å². The topological polar surface area (TPSA) is 55.1 Å². The molecule has 0 heterocycles. The first-order valence-corrected chi connectivity index (χ1v) is 5.31. The van der Waals surface area contributed by atoms with Gasteiger partial charge >= 0.3 is 0 Å². The minimum Gasteiger partial charge on any atom is -0.321 e. The summed E-state index contributed by atoms with van der Waals surface area (Å²) < 4.78 is 13.3. The molecule has 0 aliphatic carbocycles. The van der Waals surface area contributed by atoms with Crippen molar-refractivity contribution in [2.45, 2.75) is 19.9 Å². The van der Waals surface area contributed by atoms with Crippen molar-refractivity contribution in [3.8, 4) is 0 Å². The lowest BCUT2D eigenvalue weighted by molar-refractivity contribution is -0.118. The van der Waals surface area contributed by atoms with E-state index in [0.717, 1.165) is 0 Å². The highest BCUT2D eigenvalue weighted by Crippen LogP contribution is 2.24. The Morgan fingerprint density at radius 3 is 2.62 bits per heavy atom. The summed E-state index contributed by atoms with van der Waals surface area (Å²) in [6.45, 7) is 3.63. The molecule has 1 aromatic rings. The predicted molar refractivity (Wildman–Crippen MR) is 62.9 cm³/mol. The minimum atomic E-state index is -0.685. The maximum atomic E-state index is 13.3. The third-order valence-electron chi connectivity index (χ3n) is 2.23. The molecule has 5 heteroatoms. The quantitative estimate of drug-likeness (QED) is 0.858. The van der Waals surface area contributed by atoms with Crippen molar-refractivity contribution in [2.75, 3.05) is 5.32 Å². The second kappa shape index (κ2) is 5.27. The molecule has 0 saturated carbocycles. The molecule has 0 aliphatic heterocycles. The van der Waals surface area contributed by atoms with Crippen LogP contribution in [0.1, 0.15) is 13.8 Å². The fraction of sp³-hybridized carbons (Fsp3) is 0.364. The van der Waals surface area contributed by atoms with Crippen LogP contribution in [0.2, 0.25) is 5.02 Å². The van der Waals surface area contributed by atoms with Crippen molar-refractivity contribution < 1.29 is 9.18 Å². The van der Waals surface area contributed by atoms with Gasteiger partial charge in [-0.2, -0.15) is 0 Å². The Hall–Kier alpha value is -1.13. The van der Waals surface area contributed by atoms with E-state index in [1.165, 1.54) is 18.2 Å². The van der Waals surface area contributed by atoms with Crippen LogP contribution in [0, 0.1) is 11.7 Å². The summed E-state index contributed by atoms with van der Waals surface area (Å²) in [6, 6.07) is 3.51. The lowest BCUT2D eigenvalue weighted by atomic mass is 10.0. The Kier molecular flexibility index (Phi) is 4.26. The zero-order chi connectivity index (χ0) is 12.3. The molecule has 0 fully saturated rings. The fourth-order valence-electron chi connectivity index (χ4n) is 1.13. The van der Waals surface area contributed by atoms with Crippen LogP contribution in [-0.2, 0) is 4.79 Å². The van der Waals surface area contributed by atoms with Gasteiger partial charge in [-0.3, -0.25) is 4.79 Å².